The number of nitrogens with zero attached hydrogens (tertiary/aromatic N) is 2. The first-order chi connectivity index (χ1) is 14.0. The van der Waals surface area contributed by atoms with Gasteiger partial charge in [-0.3, -0.25) is 9.59 Å². The van der Waals surface area contributed by atoms with Gasteiger partial charge in [0.1, 0.15) is 6.61 Å². The molecule has 2 aliphatic rings. The van der Waals surface area contributed by atoms with Crippen molar-refractivity contribution in [3.05, 3.63) is 0 Å². The number of carbonyl (C=O) groups is 2. The van der Waals surface area contributed by atoms with Gasteiger partial charge in [-0.2, -0.15) is 0 Å². The Morgan fingerprint density at radius 2 is 1.66 bits per heavy atom. The molecule has 2 aliphatic heterocycles. The molecule has 1 N–H and O–H groups in total. The van der Waals surface area contributed by atoms with E-state index in [1.54, 1.807) is 0 Å². The van der Waals surface area contributed by atoms with Crippen LogP contribution in [0.5, 0.6) is 0 Å². The number of rotatable bonds is 11. The highest BCUT2D eigenvalue weighted by atomic mass is 16.5. The van der Waals surface area contributed by atoms with E-state index in [-0.39, 0.29) is 24.3 Å². The molecule has 2 amide bonds. The summed E-state index contributed by atoms with van der Waals surface area (Å²) in [7, 11) is 2.09. The largest absolute Gasteiger partial charge is 0.377 e. The minimum absolute atomic E-state index is 0.0815. The first-order valence-corrected chi connectivity index (χ1v) is 11.4. The zero-order chi connectivity index (χ0) is 21.1. The summed E-state index contributed by atoms with van der Waals surface area (Å²) < 4.78 is 11.0. The Hall–Kier alpha value is -1.18. The molecule has 168 valence electrons. The fourth-order valence-corrected chi connectivity index (χ4v) is 4.18. The number of amides is 2. The van der Waals surface area contributed by atoms with E-state index in [0.717, 1.165) is 63.7 Å². The van der Waals surface area contributed by atoms with Gasteiger partial charge in [-0.15, -0.1) is 0 Å². The summed E-state index contributed by atoms with van der Waals surface area (Å²) in [6, 6.07) is 0. The predicted molar refractivity (Wildman–Crippen MR) is 114 cm³/mol. The van der Waals surface area contributed by atoms with E-state index in [1.165, 1.54) is 6.42 Å². The monoisotopic (exact) mass is 411 g/mol. The molecule has 0 aromatic heterocycles. The van der Waals surface area contributed by atoms with E-state index in [4.69, 9.17) is 9.47 Å². The van der Waals surface area contributed by atoms with Crippen molar-refractivity contribution in [3.63, 3.8) is 0 Å². The van der Waals surface area contributed by atoms with Crippen LogP contribution in [0.1, 0.15) is 46.0 Å². The van der Waals surface area contributed by atoms with Crippen LogP contribution < -0.4 is 5.32 Å². The Morgan fingerprint density at radius 1 is 1.00 bits per heavy atom. The van der Waals surface area contributed by atoms with Crippen LogP contribution >= 0.6 is 0 Å². The maximum absolute atomic E-state index is 12.2. The second kappa shape index (κ2) is 13.2. The number of hydrogen-bond acceptors (Lipinski definition) is 5. The van der Waals surface area contributed by atoms with E-state index in [2.05, 4.69) is 31.1 Å². The average Bonchev–Trinajstić information content (AvgIpc) is 2.75. The van der Waals surface area contributed by atoms with Crippen LogP contribution in [0.2, 0.25) is 0 Å². The van der Waals surface area contributed by atoms with Crippen LogP contribution in [0.3, 0.4) is 0 Å². The molecule has 2 saturated heterocycles. The lowest BCUT2D eigenvalue weighted by molar-refractivity contribution is -0.138. The van der Waals surface area contributed by atoms with Crippen LogP contribution in [0.4, 0.5) is 0 Å². The van der Waals surface area contributed by atoms with Crippen LogP contribution in [0.25, 0.3) is 0 Å². The van der Waals surface area contributed by atoms with Crippen molar-refractivity contribution >= 4 is 11.8 Å². The summed E-state index contributed by atoms with van der Waals surface area (Å²) in [5.74, 6) is 1.85. The van der Waals surface area contributed by atoms with Crippen LogP contribution in [-0.2, 0) is 19.1 Å². The summed E-state index contributed by atoms with van der Waals surface area (Å²) >= 11 is 0. The molecule has 0 radical (unpaired) electrons. The van der Waals surface area contributed by atoms with Gasteiger partial charge >= 0.3 is 0 Å². The molecule has 0 saturated carbocycles. The average molecular weight is 412 g/mol. The number of carbonyl (C=O) groups excluding carboxylic acids is 2. The normalized spacial score (nSPS) is 20.6. The van der Waals surface area contributed by atoms with E-state index in [1.807, 2.05) is 4.90 Å². The van der Waals surface area contributed by atoms with E-state index in [0.29, 0.717) is 26.4 Å². The standard InChI is InChI=1S/C22H41N3O4/c1-4-18(2)19-7-12-25(13-8-19)21(26)17-29-16-15-28-14-9-23-22(27)20-5-10-24(3)11-6-20/h18-20H,4-17H2,1-3H3,(H,23,27). The zero-order valence-corrected chi connectivity index (χ0v) is 18.7. The molecule has 29 heavy (non-hydrogen) atoms. The van der Waals surface area contributed by atoms with Gasteiger partial charge in [0.25, 0.3) is 0 Å². The number of piperidine rings is 2. The van der Waals surface area contributed by atoms with Crippen LogP contribution in [0.15, 0.2) is 0 Å². The van der Waals surface area contributed by atoms with Crippen molar-refractivity contribution in [1.82, 2.24) is 15.1 Å². The fraction of sp³-hybridized carbons (Fsp3) is 0.909. The van der Waals surface area contributed by atoms with Crippen molar-refractivity contribution in [1.29, 1.82) is 0 Å². The third kappa shape index (κ3) is 8.60. The highest BCUT2D eigenvalue weighted by Gasteiger charge is 2.25. The van der Waals surface area contributed by atoms with Crippen LogP contribution in [0, 0.1) is 17.8 Å². The molecule has 0 aliphatic carbocycles. The van der Waals surface area contributed by atoms with Gasteiger partial charge in [0.2, 0.25) is 11.8 Å². The molecule has 2 fully saturated rings. The molecule has 0 bridgehead atoms. The smallest absolute Gasteiger partial charge is 0.248 e. The van der Waals surface area contributed by atoms with Crippen LogP contribution in [-0.4, -0.2) is 87.8 Å². The minimum atomic E-state index is 0.0815. The summed E-state index contributed by atoms with van der Waals surface area (Å²) in [6.45, 7) is 10.2. The quantitative estimate of drug-likeness (QED) is 0.525. The Balaban J connectivity index is 1.43. The molecule has 1 unspecified atom stereocenters. The molecule has 2 rings (SSSR count). The SMILES string of the molecule is CCC(C)C1CCN(C(=O)COCCOCCNC(=O)C2CCN(C)CC2)CC1. The van der Waals surface area contributed by atoms with Gasteiger partial charge in [0.15, 0.2) is 0 Å². The Bertz CT molecular complexity index is 486. The number of likely N-dealkylation sites (tertiary alicyclic amines) is 2. The predicted octanol–water partition coefficient (Wildman–Crippen LogP) is 1.76. The van der Waals surface area contributed by atoms with Crippen molar-refractivity contribution in [3.8, 4) is 0 Å². The lowest BCUT2D eigenvalue weighted by atomic mass is 9.84. The van der Waals surface area contributed by atoms with Crippen molar-refractivity contribution < 1.29 is 19.1 Å². The minimum Gasteiger partial charge on any atom is -0.377 e. The molecule has 0 aromatic rings. The van der Waals surface area contributed by atoms with Gasteiger partial charge in [0, 0.05) is 25.6 Å². The second-order valence-corrected chi connectivity index (χ2v) is 8.64. The Labute approximate surface area is 176 Å². The second-order valence-electron chi connectivity index (χ2n) is 8.64. The summed E-state index contributed by atoms with van der Waals surface area (Å²) in [5.41, 5.74) is 0. The van der Waals surface area contributed by atoms with Gasteiger partial charge < -0.3 is 24.6 Å². The third-order valence-corrected chi connectivity index (χ3v) is 6.57. The van der Waals surface area contributed by atoms with Gasteiger partial charge in [-0.1, -0.05) is 20.3 Å². The Morgan fingerprint density at radius 3 is 2.31 bits per heavy atom. The number of ether oxygens (including phenoxy) is 2. The zero-order valence-electron chi connectivity index (χ0n) is 18.7. The van der Waals surface area contributed by atoms with Crippen molar-refractivity contribution in [2.45, 2.75) is 46.0 Å². The summed E-state index contributed by atoms with van der Waals surface area (Å²) in [5, 5.41) is 2.95. The molecule has 1 atom stereocenters. The molecule has 2 heterocycles. The molecule has 0 aromatic carbocycles. The summed E-state index contributed by atoms with van der Waals surface area (Å²) in [4.78, 5) is 28.5. The first kappa shape index (κ1) is 24.1. The number of nitrogens with one attached hydrogen (secondary N) is 1. The molecule has 7 heteroatoms. The van der Waals surface area contributed by atoms with Crippen molar-refractivity contribution in [2.75, 3.05) is 66.2 Å². The Kier molecular flexibility index (Phi) is 11.0. The lowest BCUT2D eigenvalue weighted by Gasteiger charge is -2.34. The molecular weight excluding hydrogens is 370 g/mol. The summed E-state index contributed by atoms with van der Waals surface area (Å²) in [6.07, 6.45) is 5.28. The van der Waals surface area contributed by atoms with Gasteiger partial charge in [0.05, 0.1) is 19.8 Å². The van der Waals surface area contributed by atoms with E-state index >= 15 is 0 Å². The molecule has 0 spiro atoms. The van der Waals surface area contributed by atoms with Crippen molar-refractivity contribution in [2.24, 2.45) is 17.8 Å². The molecular formula is C22H41N3O4. The fourth-order valence-electron chi connectivity index (χ4n) is 4.18. The first-order valence-electron chi connectivity index (χ1n) is 11.4. The molecule has 7 nitrogen and oxygen atoms in total. The van der Waals surface area contributed by atoms with E-state index in [9.17, 15) is 9.59 Å². The maximum Gasteiger partial charge on any atom is 0.248 e. The van der Waals surface area contributed by atoms with Gasteiger partial charge in [-0.25, -0.2) is 0 Å². The van der Waals surface area contributed by atoms with E-state index < -0.39 is 0 Å². The highest BCUT2D eigenvalue weighted by Crippen LogP contribution is 2.26. The number of hydrogen-bond donors (Lipinski definition) is 1. The lowest BCUT2D eigenvalue weighted by Crippen LogP contribution is -2.41. The maximum atomic E-state index is 12.2. The topological polar surface area (TPSA) is 71.1 Å². The third-order valence-electron chi connectivity index (χ3n) is 6.57. The highest BCUT2D eigenvalue weighted by molar-refractivity contribution is 5.78. The van der Waals surface area contributed by atoms with Gasteiger partial charge in [-0.05, 0) is 57.7 Å².